The summed E-state index contributed by atoms with van der Waals surface area (Å²) >= 11 is 0. The van der Waals surface area contributed by atoms with Gasteiger partial charge in [0, 0.05) is 31.4 Å². The van der Waals surface area contributed by atoms with E-state index in [2.05, 4.69) is 36.0 Å². The minimum Gasteiger partial charge on any atom is -0.381 e. The van der Waals surface area contributed by atoms with Crippen molar-refractivity contribution < 1.29 is 4.52 Å². The van der Waals surface area contributed by atoms with Crippen molar-refractivity contribution in [2.75, 3.05) is 24.7 Å². The Kier molecular flexibility index (Phi) is 2.79. The van der Waals surface area contributed by atoms with E-state index in [4.69, 9.17) is 10.3 Å². The molecule has 0 aliphatic heterocycles. The van der Waals surface area contributed by atoms with Crippen molar-refractivity contribution in [2.45, 2.75) is 13.8 Å². The monoisotopic (exact) mass is 231 g/mol. The predicted octanol–water partition coefficient (Wildman–Crippen LogP) is 2.61. The highest BCUT2D eigenvalue weighted by atomic mass is 16.5. The summed E-state index contributed by atoms with van der Waals surface area (Å²) in [6.45, 7) is 4.18. The van der Waals surface area contributed by atoms with E-state index in [9.17, 15) is 0 Å². The maximum atomic E-state index is 5.59. The van der Waals surface area contributed by atoms with E-state index in [-0.39, 0.29) is 0 Å². The maximum Gasteiger partial charge on any atom is 0.171 e. The molecule has 1 aromatic heterocycles. The van der Waals surface area contributed by atoms with Crippen LogP contribution in [0.25, 0.3) is 11.3 Å². The molecule has 0 unspecified atom stereocenters. The summed E-state index contributed by atoms with van der Waals surface area (Å²) in [5, 5.41) is 3.73. The summed E-state index contributed by atoms with van der Waals surface area (Å²) in [4.78, 5) is 2.06. The lowest BCUT2D eigenvalue weighted by atomic mass is 10.0. The molecule has 2 N–H and O–H groups in total. The minimum absolute atomic E-state index is 0.405. The molecule has 4 heteroatoms. The fraction of sp³-hybridized carbons (Fsp3) is 0.308. The lowest BCUT2D eigenvalue weighted by Crippen LogP contribution is -2.10. The molecule has 4 nitrogen and oxygen atoms in total. The molecule has 1 heterocycles. The van der Waals surface area contributed by atoms with Gasteiger partial charge in [-0.3, -0.25) is 0 Å². The number of hydrogen-bond donors (Lipinski definition) is 1. The first-order valence-electron chi connectivity index (χ1n) is 5.50. The van der Waals surface area contributed by atoms with E-state index in [0.29, 0.717) is 11.6 Å². The number of nitrogens with zero attached hydrogens (tertiary/aromatic N) is 2. The number of anilines is 2. The number of nitrogen functional groups attached to an aromatic ring is 1. The summed E-state index contributed by atoms with van der Waals surface area (Å²) in [6, 6.07) is 5.99. The molecule has 0 amide bonds. The minimum atomic E-state index is 0.405. The number of benzene rings is 1. The first-order valence-corrected chi connectivity index (χ1v) is 5.50. The van der Waals surface area contributed by atoms with Crippen LogP contribution in [-0.2, 0) is 0 Å². The molecule has 2 rings (SSSR count). The topological polar surface area (TPSA) is 55.3 Å². The number of nitrogens with two attached hydrogens (primary N) is 1. The number of aryl methyl sites for hydroxylation is 2. The Morgan fingerprint density at radius 1 is 1.12 bits per heavy atom. The molecule has 0 atom stereocenters. The van der Waals surface area contributed by atoms with E-state index < -0.39 is 0 Å². The zero-order valence-corrected chi connectivity index (χ0v) is 10.6. The van der Waals surface area contributed by atoms with Gasteiger partial charge in [0.15, 0.2) is 11.6 Å². The SMILES string of the molecule is Cc1cc(-c2cc(N)no2)c(N(C)C)cc1C. The normalized spacial score (nSPS) is 10.6. The third kappa shape index (κ3) is 2.11. The van der Waals surface area contributed by atoms with E-state index in [1.807, 2.05) is 14.1 Å². The van der Waals surface area contributed by atoms with Gasteiger partial charge in [0.1, 0.15) is 0 Å². The summed E-state index contributed by atoms with van der Waals surface area (Å²) < 4.78 is 5.23. The summed E-state index contributed by atoms with van der Waals surface area (Å²) in [5.74, 6) is 1.11. The highest BCUT2D eigenvalue weighted by molar-refractivity contribution is 5.77. The lowest BCUT2D eigenvalue weighted by molar-refractivity contribution is 0.436. The van der Waals surface area contributed by atoms with Crippen molar-refractivity contribution >= 4 is 11.5 Å². The van der Waals surface area contributed by atoms with Crippen LogP contribution in [0.4, 0.5) is 11.5 Å². The van der Waals surface area contributed by atoms with Gasteiger partial charge in [-0.2, -0.15) is 0 Å². The Labute approximate surface area is 101 Å². The maximum absolute atomic E-state index is 5.59. The van der Waals surface area contributed by atoms with Gasteiger partial charge in [0.25, 0.3) is 0 Å². The molecular weight excluding hydrogens is 214 g/mol. The molecular formula is C13H17N3O. The molecule has 1 aromatic carbocycles. The van der Waals surface area contributed by atoms with E-state index in [1.165, 1.54) is 11.1 Å². The van der Waals surface area contributed by atoms with Crippen LogP contribution in [0.5, 0.6) is 0 Å². The van der Waals surface area contributed by atoms with Gasteiger partial charge in [-0.15, -0.1) is 0 Å². The highest BCUT2D eigenvalue weighted by Crippen LogP contribution is 2.33. The van der Waals surface area contributed by atoms with Gasteiger partial charge >= 0.3 is 0 Å². The van der Waals surface area contributed by atoms with Gasteiger partial charge < -0.3 is 15.2 Å². The molecule has 0 aliphatic carbocycles. The standard InChI is InChI=1S/C13H17N3O/c1-8-5-10(12-7-13(14)15-17-12)11(16(3)4)6-9(8)2/h5-7H,1-4H3,(H2,14,15). The van der Waals surface area contributed by atoms with Gasteiger partial charge in [-0.1, -0.05) is 5.16 Å². The largest absolute Gasteiger partial charge is 0.381 e. The fourth-order valence-corrected chi connectivity index (χ4v) is 1.78. The molecule has 17 heavy (non-hydrogen) atoms. The Morgan fingerprint density at radius 2 is 1.76 bits per heavy atom. The summed E-state index contributed by atoms with van der Waals surface area (Å²) in [5.41, 5.74) is 10.2. The molecule has 0 bridgehead atoms. The summed E-state index contributed by atoms with van der Waals surface area (Å²) in [7, 11) is 4.01. The van der Waals surface area contributed by atoms with Gasteiger partial charge in [-0.05, 0) is 37.1 Å². The molecule has 90 valence electrons. The van der Waals surface area contributed by atoms with E-state index >= 15 is 0 Å². The average molecular weight is 231 g/mol. The van der Waals surface area contributed by atoms with Crippen LogP contribution < -0.4 is 10.6 Å². The number of rotatable bonds is 2. The smallest absolute Gasteiger partial charge is 0.171 e. The molecule has 2 aromatic rings. The third-order valence-corrected chi connectivity index (χ3v) is 2.89. The van der Waals surface area contributed by atoms with E-state index in [1.54, 1.807) is 6.07 Å². The third-order valence-electron chi connectivity index (χ3n) is 2.89. The first-order chi connectivity index (χ1) is 7.99. The molecule has 0 radical (unpaired) electrons. The number of hydrogen-bond acceptors (Lipinski definition) is 4. The fourth-order valence-electron chi connectivity index (χ4n) is 1.78. The Bertz CT molecular complexity index is 544. The average Bonchev–Trinajstić information content (AvgIpc) is 2.68. The van der Waals surface area contributed by atoms with Crippen molar-refractivity contribution in [3.05, 3.63) is 29.3 Å². The second-order valence-corrected chi connectivity index (χ2v) is 4.46. The van der Waals surface area contributed by atoms with E-state index in [0.717, 1.165) is 11.3 Å². The van der Waals surface area contributed by atoms with Crippen LogP contribution in [0.15, 0.2) is 22.7 Å². The zero-order valence-electron chi connectivity index (χ0n) is 10.6. The van der Waals surface area contributed by atoms with Crippen molar-refractivity contribution in [1.82, 2.24) is 5.16 Å². The van der Waals surface area contributed by atoms with Crippen LogP contribution in [0, 0.1) is 13.8 Å². The Morgan fingerprint density at radius 3 is 2.29 bits per heavy atom. The van der Waals surface area contributed by atoms with Gasteiger partial charge in [0.05, 0.1) is 0 Å². The van der Waals surface area contributed by atoms with Crippen LogP contribution in [0.3, 0.4) is 0 Å². The molecule has 0 saturated heterocycles. The predicted molar refractivity (Wildman–Crippen MR) is 70.2 cm³/mol. The molecule has 0 fully saturated rings. The second kappa shape index (κ2) is 4.13. The first kappa shape index (κ1) is 11.5. The van der Waals surface area contributed by atoms with Crippen molar-refractivity contribution in [2.24, 2.45) is 0 Å². The molecule has 0 saturated carbocycles. The van der Waals surface area contributed by atoms with Crippen LogP contribution in [-0.4, -0.2) is 19.3 Å². The summed E-state index contributed by atoms with van der Waals surface area (Å²) in [6.07, 6.45) is 0. The van der Waals surface area contributed by atoms with Crippen molar-refractivity contribution in [3.63, 3.8) is 0 Å². The second-order valence-electron chi connectivity index (χ2n) is 4.46. The highest BCUT2D eigenvalue weighted by Gasteiger charge is 2.13. The Hall–Kier alpha value is -1.97. The lowest BCUT2D eigenvalue weighted by Gasteiger charge is -2.18. The zero-order chi connectivity index (χ0) is 12.6. The van der Waals surface area contributed by atoms with Crippen molar-refractivity contribution in [1.29, 1.82) is 0 Å². The molecule has 0 spiro atoms. The van der Waals surface area contributed by atoms with Crippen LogP contribution in [0.2, 0.25) is 0 Å². The quantitative estimate of drug-likeness (QED) is 0.863. The van der Waals surface area contributed by atoms with Crippen molar-refractivity contribution in [3.8, 4) is 11.3 Å². The van der Waals surface area contributed by atoms with Crippen LogP contribution >= 0.6 is 0 Å². The van der Waals surface area contributed by atoms with Gasteiger partial charge in [-0.25, -0.2) is 0 Å². The molecule has 0 aliphatic rings. The number of aromatic nitrogens is 1. The Balaban J connectivity index is 2.63. The van der Waals surface area contributed by atoms with Crippen LogP contribution in [0.1, 0.15) is 11.1 Å². The van der Waals surface area contributed by atoms with Gasteiger partial charge in [0.2, 0.25) is 0 Å².